The number of halogens is 1. The van der Waals surface area contributed by atoms with Gasteiger partial charge in [-0.2, -0.15) is 0 Å². The molecular formula is C28H29ClN4O2S. The van der Waals surface area contributed by atoms with Crippen LogP contribution < -0.4 is 4.90 Å². The zero-order valence-electron chi connectivity index (χ0n) is 20.1. The first-order valence-electron chi connectivity index (χ1n) is 12.7. The van der Waals surface area contributed by atoms with E-state index in [1.165, 1.54) is 42.0 Å². The standard InChI is InChI=1S/C28H29ClN4O2S/c29-23-6-1-18(2-7-23)5-10-26-30-31-27(36-26)13-25(34)22-12-28(35)33(17-22)24-8-3-19(4-9-24)14-32-15-20-11-21(20)16-32/h1-4,6-9,20-22H,5,10-17H2/t20?,21?,22-/m0/s1. The van der Waals surface area contributed by atoms with Gasteiger partial charge in [-0.15, -0.1) is 21.5 Å². The van der Waals surface area contributed by atoms with Crippen molar-refractivity contribution in [3.63, 3.8) is 0 Å². The number of likely N-dealkylation sites (tertiary alicyclic amines) is 1. The lowest BCUT2D eigenvalue weighted by molar-refractivity contribution is -0.124. The number of aryl methyl sites for hydroxylation is 2. The molecule has 36 heavy (non-hydrogen) atoms. The van der Waals surface area contributed by atoms with E-state index in [1.807, 2.05) is 36.4 Å². The van der Waals surface area contributed by atoms with Gasteiger partial charge in [0.25, 0.3) is 0 Å². The zero-order valence-corrected chi connectivity index (χ0v) is 21.7. The maximum absolute atomic E-state index is 13.0. The molecule has 186 valence electrons. The highest BCUT2D eigenvalue weighted by Crippen LogP contribution is 2.45. The predicted molar refractivity (Wildman–Crippen MR) is 141 cm³/mol. The van der Waals surface area contributed by atoms with E-state index in [9.17, 15) is 9.59 Å². The van der Waals surface area contributed by atoms with Crippen molar-refractivity contribution < 1.29 is 9.59 Å². The number of aromatic nitrogens is 2. The van der Waals surface area contributed by atoms with Crippen LogP contribution in [0.25, 0.3) is 0 Å². The first kappa shape index (κ1) is 23.8. The Morgan fingerprint density at radius 3 is 2.36 bits per heavy atom. The third-order valence-corrected chi connectivity index (χ3v) is 8.90. The van der Waals surface area contributed by atoms with Gasteiger partial charge in [0.2, 0.25) is 5.91 Å². The third kappa shape index (κ3) is 5.38. The highest BCUT2D eigenvalue weighted by Gasteiger charge is 2.44. The highest BCUT2D eigenvalue weighted by molar-refractivity contribution is 7.11. The quantitative estimate of drug-likeness (QED) is 0.413. The van der Waals surface area contributed by atoms with Crippen LogP contribution >= 0.6 is 22.9 Å². The summed E-state index contributed by atoms with van der Waals surface area (Å²) in [6.07, 6.45) is 3.54. The maximum atomic E-state index is 13.0. The monoisotopic (exact) mass is 520 g/mol. The number of carbonyl (C=O) groups is 2. The SMILES string of the molecule is O=C(Cc1nnc(CCc2ccc(Cl)cc2)s1)[C@H]1CC(=O)N(c2ccc(CN3CC4CC4C3)cc2)C1. The Labute approximate surface area is 220 Å². The minimum Gasteiger partial charge on any atom is -0.312 e. The Morgan fingerprint density at radius 2 is 1.61 bits per heavy atom. The highest BCUT2D eigenvalue weighted by atomic mass is 35.5. The van der Waals surface area contributed by atoms with Crippen molar-refractivity contribution in [1.82, 2.24) is 15.1 Å². The molecule has 6 rings (SSSR count). The molecule has 3 heterocycles. The van der Waals surface area contributed by atoms with E-state index in [4.69, 9.17) is 11.6 Å². The molecule has 3 aromatic rings. The van der Waals surface area contributed by atoms with Crippen LogP contribution in [0.2, 0.25) is 5.02 Å². The number of anilines is 1. The van der Waals surface area contributed by atoms with E-state index in [0.29, 0.717) is 6.54 Å². The molecular weight excluding hydrogens is 492 g/mol. The number of nitrogens with zero attached hydrogens (tertiary/aromatic N) is 4. The minimum atomic E-state index is -0.296. The number of amides is 1. The van der Waals surface area contributed by atoms with Crippen molar-refractivity contribution in [2.75, 3.05) is 24.5 Å². The smallest absolute Gasteiger partial charge is 0.227 e. The summed E-state index contributed by atoms with van der Waals surface area (Å²) >= 11 is 7.43. The van der Waals surface area contributed by atoms with Gasteiger partial charge >= 0.3 is 0 Å². The molecule has 2 aliphatic heterocycles. The number of carbonyl (C=O) groups excluding carboxylic acids is 2. The van der Waals surface area contributed by atoms with Gasteiger partial charge in [-0.05, 0) is 60.1 Å². The fraction of sp³-hybridized carbons (Fsp3) is 0.429. The number of benzene rings is 2. The van der Waals surface area contributed by atoms with Crippen molar-refractivity contribution in [2.24, 2.45) is 17.8 Å². The summed E-state index contributed by atoms with van der Waals surface area (Å²) in [6, 6.07) is 16.1. The van der Waals surface area contributed by atoms with E-state index < -0.39 is 0 Å². The molecule has 8 heteroatoms. The summed E-state index contributed by atoms with van der Waals surface area (Å²) in [4.78, 5) is 30.0. The molecule has 2 saturated heterocycles. The second-order valence-electron chi connectivity index (χ2n) is 10.4. The lowest BCUT2D eigenvalue weighted by atomic mass is 10.0. The predicted octanol–water partition coefficient (Wildman–Crippen LogP) is 4.59. The molecule has 1 aromatic heterocycles. The van der Waals surface area contributed by atoms with Crippen LogP contribution in [0.15, 0.2) is 48.5 Å². The Morgan fingerprint density at radius 1 is 0.917 bits per heavy atom. The summed E-state index contributed by atoms with van der Waals surface area (Å²) in [7, 11) is 0. The third-order valence-electron chi connectivity index (χ3n) is 7.66. The molecule has 2 unspecified atom stereocenters. The van der Waals surface area contributed by atoms with Gasteiger partial charge in [0.05, 0.1) is 6.42 Å². The Hall–Kier alpha value is -2.61. The number of rotatable bonds is 9. The molecule has 0 N–H and O–H groups in total. The largest absolute Gasteiger partial charge is 0.312 e. The normalized spacial score (nSPS) is 23.3. The van der Waals surface area contributed by atoms with Gasteiger partial charge in [-0.25, -0.2) is 0 Å². The lowest BCUT2D eigenvalue weighted by Gasteiger charge is -2.19. The fourth-order valence-electron chi connectivity index (χ4n) is 5.49. The number of hydrogen-bond acceptors (Lipinski definition) is 6. The van der Waals surface area contributed by atoms with Gasteiger partial charge < -0.3 is 4.90 Å². The first-order chi connectivity index (χ1) is 17.5. The number of hydrogen-bond donors (Lipinski definition) is 0. The number of piperidine rings is 1. The molecule has 6 nitrogen and oxygen atoms in total. The van der Waals surface area contributed by atoms with E-state index in [1.54, 1.807) is 4.90 Å². The molecule has 3 fully saturated rings. The molecule has 3 aliphatic rings. The van der Waals surface area contributed by atoms with Crippen molar-refractivity contribution in [3.05, 3.63) is 74.7 Å². The van der Waals surface area contributed by atoms with Crippen LogP contribution in [0.4, 0.5) is 5.69 Å². The average molecular weight is 521 g/mol. The van der Waals surface area contributed by atoms with Crippen molar-refractivity contribution in [3.8, 4) is 0 Å². The number of fused-ring (bicyclic) bond motifs is 1. The Balaban J connectivity index is 1.00. The second-order valence-corrected chi connectivity index (χ2v) is 12.0. The van der Waals surface area contributed by atoms with Crippen LogP contribution in [0.5, 0.6) is 0 Å². The molecule has 0 bridgehead atoms. The molecule has 1 saturated carbocycles. The van der Waals surface area contributed by atoms with Gasteiger partial charge in [0, 0.05) is 55.6 Å². The zero-order chi connectivity index (χ0) is 24.6. The van der Waals surface area contributed by atoms with Gasteiger partial charge in [-0.3, -0.25) is 14.5 Å². The Bertz CT molecular complexity index is 1250. The molecule has 2 aromatic carbocycles. The average Bonchev–Trinajstić information content (AvgIpc) is 3.20. The van der Waals surface area contributed by atoms with Crippen molar-refractivity contribution in [1.29, 1.82) is 0 Å². The van der Waals surface area contributed by atoms with Crippen LogP contribution in [0.1, 0.15) is 34.0 Å². The molecule has 0 radical (unpaired) electrons. The summed E-state index contributed by atoms with van der Waals surface area (Å²) in [6.45, 7) is 3.86. The first-order valence-corrected chi connectivity index (χ1v) is 13.9. The summed E-state index contributed by atoms with van der Waals surface area (Å²) in [5.74, 6) is 1.65. The van der Waals surface area contributed by atoms with E-state index in [-0.39, 0.29) is 30.4 Å². The van der Waals surface area contributed by atoms with Crippen LogP contribution in [-0.2, 0) is 35.4 Å². The lowest BCUT2D eigenvalue weighted by Crippen LogP contribution is -2.26. The molecule has 3 atom stereocenters. The van der Waals surface area contributed by atoms with E-state index in [0.717, 1.165) is 51.9 Å². The van der Waals surface area contributed by atoms with E-state index in [2.05, 4.69) is 27.2 Å². The molecule has 1 amide bonds. The molecule has 1 aliphatic carbocycles. The second kappa shape index (κ2) is 10.0. The fourth-order valence-corrected chi connectivity index (χ4v) is 6.47. The minimum absolute atomic E-state index is 0.0154. The molecule has 0 spiro atoms. The van der Waals surface area contributed by atoms with E-state index >= 15 is 0 Å². The van der Waals surface area contributed by atoms with Crippen LogP contribution in [0, 0.1) is 17.8 Å². The summed E-state index contributed by atoms with van der Waals surface area (Å²) < 4.78 is 0. The number of ketones is 1. The van der Waals surface area contributed by atoms with Gasteiger partial charge in [-0.1, -0.05) is 35.9 Å². The maximum Gasteiger partial charge on any atom is 0.227 e. The van der Waals surface area contributed by atoms with Gasteiger partial charge in [0.1, 0.15) is 15.8 Å². The van der Waals surface area contributed by atoms with Crippen LogP contribution in [0.3, 0.4) is 0 Å². The van der Waals surface area contributed by atoms with Crippen LogP contribution in [-0.4, -0.2) is 46.4 Å². The Kier molecular flexibility index (Phi) is 6.63. The van der Waals surface area contributed by atoms with Gasteiger partial charge in [0.15, 0.2) is 0 Å². The summed E-state index contributed by atoms with van der Waals surface area (Å²) in [5, 5.41) is 10.9. The van der Waals surface area contributed by atoms with Crippen molar-refractivity contribution >= 4 is 40.3 Å². The topological polar surface area (TPSA) is 66.4 Å². The van der Waals surface area contributed by atoms with Crippen molar-refractivity contribution in [2.45, 2.75) is 38.6 Å². The number of Topliss-reactive ketones (excluding diaryl/α,β-unsaturated/α-hetero) is 1. The summed E-state index contributed by atoms with van der Waals surface area (Å²) in [5.41, 5.74) is 3.35.